The van der Waals surface area contributed by atoms with E-state index in [4.69, 9.17) is 46.6 Å². The van der Waals surface area contributed by atoms with Crippen LogP contribution in [0, 0.1) is 12.3 Å². The first-order chi connectivity index (χ1) is 13.4. The van der Waals surface area contributed by atoms with Crippen molar-refractivity contribution >= 4 is 64.1 Å². The molecule has 0 saturated carbocycles. The molecule has 1 saturated heterocycles. The van der Waals surface area contributed by atoms with Crippen molar-refractivity contribution in [2.75, 3.05) is 11.5 Å². The number of hydrogen-bond acceptors (Lipinski definition) is 4. The van der Waals surface area contributed by atoms with E-state index >= 15 is 0 Å². The molecule has 5 nitrogen and oxygen atoms in total. The van der Waals surface area contributed by atoms with E-state index in [9.17, 15) is 9.59 Å². The van der Waals surface area contributed by atoms with Crippen LogP contribution in [0.1, 0.15) is 5.56 Å². The van der Waals surface area contributed by atoms with Crippen molar-refractivity contribution in [2.24, 2.45) is 0 Å². The molecule has 1 aliphatic rings. The number of ether oxygens (including phenoxy) is 1. The fourth-order valence-electron chi connectivity index (χ4n) is 2.49. The van der Waals surface area contributed by atoms with Crippen LogP contribution in [0.5, 0.6) is 5.75 Å². The average molecular weight is 431 g/mol. The van der Waals surface area contributed by atoms with E-state index < -0.39 is 11.8 Å². The summed E-state index contributed by atoms with van der Waals surface area (Å²) in [4.78, 5) is 26.5. The van der Waals surface area contributed by atoms with Gasteiger partial charge in [-0.05, 0) is 48.1 Å². The van der Waals surface area contributed by atoms with Crippen molar-refractivity contribution in [3.8, 4) is 18.1 Å². The van der Waals surface area contributed by atoms with Gasteiger partial charge in [0.25, 0.3) is 11.8 Å². The highest BCUT2D eigenvalue weighted by Gasteiger charge is 2.35. The normalized spacial score (nSPS) is 15.4. The van der Waals surface area contributed by atoms with Gasteiger partial charge in [-0.1, -0.05) is 47.3 Å². The van der Waals surface area contributed by atoms with Crippen LogP contribution in [0.15, 0.2) is 48.0 Å². The van der Waals surface area contributed by atoms with E-state index in [2.05, 4.69) is 11.2 Å². The number of amides is 2. The lowest BCUT2D eigenvalue weighted by Crippen LogP contribution is -2.54. The van der Waals surface area contributed by atoms with Gasteiger partial charge in [0.1, 0.15) is 17.9 Å². The first-order valence-electron chi connectivity index (χ1n) is 7.94. The molecule has 2 aromatic carbocycles. The summed E-state index contributed by atoms with van der Waals surface area (Å²) in [6, 6.07) is 11.6. The number of terminal acetylenes is 1. The molecular formula is C20H12Cl2N2O3S. The van der Waals surface area contributed by atoms with Gasteiger partial charge in [0.05, 0.1) is 15.7 Å². The molecule has 1 fully saturated rings. The average Bonchev–Trinajstić information content (AvgIpc) is 2.67. The third-order valence-corrected chi connectivity index (χ3v) is 4.88. The van der Waals surface area contributed by atoms with Gasteiger partial charge < -0.3 is 4.74 Å². The molecule has 28 heavy (non-hydrogen) atoms. The van der Waals surface area contributed by atoms with E-state index in [1.807, 2.05) is 0 Å². The van der Waals surface area contributed by atoms with E-state index in [0.717, 1.165) is 4.90 Å². The molecule has 2 amide bonds. The summed E-state index contributed by atoms with van der Waals surface area (Å²) in [5, 5.41) is 2.84. The van der Waals surface area contributed by atoms with Crippen LogP contribution >= 0.6 is 35.4 Å². The number of carbonyl (C=O) groups is 2. The van der Waals surface area contributed by atoms with Gasteiger partial charge in [0, 0.05) is 0 Å². The third kappa shape index (κ3) is 4.02. The maximum absolute atomic E-state index is 13.0. The highest BCUT2D eigenvalue weighted by molar-refractivity contribution is 7.80. The Morgan fingerprint density at radius 2 is 1.89 bits per heavy atom. The van der Waals surface area contributed by atoms with Crippen molar-refractivity contribution in [3.63, 3.8) is 0 Å². The van der Waals surface area contributed by atoms with Crippen LogP contribution in [0.3, 0.4) is 0 Å². The molecule has 0 aliphatic carbocycles. The maximum Gasteiger partial charge on any atom is 0.270 e. The first kappa shape index (κ1) is 19.9. The zero-order valence-electron chi connectivity index (χ0n) is 14.2. The Bertz CT molecular complexity index is 1040. The number of benzene rings is 2. The summed E-state index contributed by atoms with van der Waals surface area (Å²) in [6.07, 6.45) is 6.61. The lowest BCUT2D eigenvalue weighted by atomic mass is 10.1. The Hall–Kier alpha value is -2.85. The Kier molecular flexibility index (Phi) is 6.00. The number of halogens is 2. The van der Waals surface area contributed by atoms with Crippen LogP contribution in [-0.4, -0.2) is 23.5 Å². The van der Waals surface area contributed by atoms with Gasteiger partial charge >= 0.3 is 0 Å². The van der Waals surface area contributed by atoms with E-state index in [1.54, 1.807) is 42.5 Å². The van der Waals surface area contributed by atoms with Gasteiger partial charge in [-0.15, -0.1) is 6.42 Å². The number of hydrogen-bond donors (Lipinski definition) is 1. The molecule has 1 aliphatic heterocycles. The summed E-state index contributed by atoms with van der Waals surface area (Å²) in [7, 11) is 0. The predicted octanol–water partition coefficient (Wildman–Crippen LogP) is 3.84. The largest absolute Gasteiger partial charge is 0.481 e. The molecule has 3 rings (SSSR count). The van der Waals surface area contributed by atoms with Crippen molar-refractivity contribution < 1.29 is 14.3 Å². The Morgan fingerprint density at radius 3 is 2.57 bits per heavy atom. The zero-order valence-corrected chi connectivity index (χ0v) is 16.6. The van der Waals surface area contributed by atoms with E-state index in [0.29, 0.717) is 11.3 Å². The second-order valence-electron chi connectivity index (χ2n) is 5.59. The molecule has 1 N–H and O–H groups in total. The second kappa shape index (κ2) is 8.44. The third-order valence-electron chi connectivity index (χ3n) is 3.79. The fourth-order valence-corrected chi connectivity index (χ4v) is 3.15. The molecule has 1 heterocycles. The molecule has 2 aromatic rings. The molecule has 0 unspecified atom stereocenters. The summed E-state index contributed by atoms with van der Waals surface area (Å²) in [5.74, 6) is 1.74. The van der Waals surface area contributed by atoms with Gasteiger partial charge in [-0.25, -0.2) is 0 Å². The number of nitrogens with one attached hydrogen (secondary N) is 1. The smallest absolute Gasteiger partial charge is 0.270 e. The van der Waals surface area contributed by atoms with Crippen LogP contribution in [-0.2, 0) is 9.59 Å². The molecule has 0 radical (unpaired) electrons. The summed E-state index contributed by atoms with van der Waals surface area (Å²) < 4.78 is 5.30. The number of thiocarbonyl (C=S) groups is 1. The highest BCUT2D eigenvalue weighted by atomic mass is 35.5. The molecule has 8 heteroatoms. The van der Waals surface area contributed by atoms with Gasteiger partial charge in [-0.2, -0.15) is 0 Å². The molecule has 0 spiro atoms. The number of rotatable bonds is 4. The lowest BCUT2D eigenvalue weighted by molar-refractivity contribution is -0.122. The Labute approximate surface area is 176 Å². The maximum atomic E-state index is 13.0. The van der Waals surface area contributed by atoms with E-state index in [-0.39, 0.29) is 33.0 Å². The predicted molar refractivity (Wildman–Crippen MR) is 113 cm³/mol. The summed E-state index contributed by atoms with van der Waals surface area (Å²) in [6.45, 7) is 0.147. The minimum absolute atomic E-state index is 0.0747. The zero-order chi connectivity index (χ0) is 20.3. The highest BCUT2D eigenvalue weighted by Crippen LogP contribution is 2.34. The minimum Gasteiger partial charge on any atom is -0.481 e. The van der Waals surface area contributed by atoms with Crippen LogP contribution in [0.2, 0.25) is 10.0 Å². The molecular weight excluding hydrogens is 419 g/mol. The summed E-state index contributed by atoms with van der Waals surface area (Å²) >= 11 is 17.4. The lowest BCUT2D eigenvalue weighted by Gasteiger charge is -2.29. The molecule has 0 atom stereocenters. The van der Waals surface area contributed by atoms with Crippen LogP contribution in [0.25, 0.3) is 6.08 Å². The summed E-state index contributed by atoms with van der Waals surface area (Å²) in [5.41, 5.74) is 0.812. The number of nitrogens with zero attached hydrogens (tertiary/aromatic N) is 1. The number of anilines is 1. The minimum atomic E-state index is -0.606. The van der Waals surface area contributed by atoms with Crippen molar-refractivity contribution in [1.82, 2.24) is 5.32 Å². The number of carbonyl (C=O) groups excluding carboxylic acids is 2. The van der Waals surface area contributed by atoms with Crippen molar-refractivity contribution in [1.29, 1.82) is 0 Å². The van der Waals surface area contributed by atoms with Gasteiger partial charge in [0.2, 0.25) is 0 Å². The first-order valence-corrected chi connectivity index (χ1v) is 9.10. The van der Waals surface area contributed by atoms with Gasteiger partial charge in [0.15, 0.2) is 5.11 Å². The molecule has 140 valence electrons. The van der Waals surface area contributed by atoms with Crippen LogP contribution < -0.4 is 15.0 Å². The standard InChI is InChI=1S/C20H12Cl2N2O3S/c1-2-10-27-13-8-6-12(7-9-13)11-14-18(25)23-20(28)24(19(14)26)16-5-3-4-15(21)17(16)22/h1,3-9,11H,10H2,(H,23,25,28)/b14-11+. The second-order valence-corrected chi connectivity index (χ2v) is 6.76. The van der Waals surface area contributed by atoms with E-state index in [1.165, 1.54) is 6.08 Å². The molecule has 0 aromatic heterocycles. The van der Waals surface area contributed by atoms with Crippen LogP contribution in [0.4, 0.5) is 5.69 Å². The monoisotopic (exact) mass is 430 g/mol. The SMILES string of the molecule is C#CCOc1ccc(/C=C2\C(=O)NC(=S)N(c3cccc(Cl)c3Cl)C2=O)cc1. The Balaban J connectivity index is 1.95. The van der Waals surface area contributed by atoms with Crippen molar-refractivity contribution in [2.45, 2.75) is 0 Å². The quantitative estimate of drug-likeness (QED) is 0.346. The van der Waals surface area contributed by atoms with Gasteiger partial charge in [-0.3, -0.25) is 19.8 Å². The van der Waals surface area contributed by atoms with Crippen molar-refractivity contribution in [3.05, 3.63) is 63.6 Å². The topological polar surface area (TPSA) is 58.6 Å². The Morgan fingerprint density at radius 1 is 1.18 bits per heavy atom. The molecule has 0 bridgehead atoms. The fraction of sp³-hybridized carbons (Fsp3) is 0.0500.